The van der Waals surface area contributed by atoms with Crippen molar-refractivity contribution in [1.82, 2.24) is 4.72 Å². The van der Waals surface area contributed by atoms with Crippen molar-refractivity contribution in [2.45, 2.75) is 36.0 Å². The standard InChI is InChI=1S/C27H28N2O4S2/c1-22-16-18-27(19-17-22,20-23-10-4-2-5-11-23)35(32,33)29-25-14-8-9-15-26(25)34(30,31)28-21-24-12-6-3-7-13-24/h2-18,28-29H,19-21H2,1H3. The summed E-state index contributed by atoms with van der Waals surface area (Å²) in [6, 6.07) is 24.6. The van der Waals surface area contributed by atoms with Gasteiger partial charge in [-0.25, -0.2) is 21.6 Å². The third kappa shape index (κ3) is 5.73. The van der Waals surface area contributed by atoms with Gasteiger partial charge in [0.2, 0.25) is 20.0 Å². The maximum Gasteiger partial charge on any atom is 0.242 e. The Kier molecular flexibility index (Phi) is 7.25. The molecule has 0 saturated heterocycles. The fraction of sp³-hybridized carbons (Fsp3) is 0.185. The third-order valence-corrected chi connectivity index (χ3v) is 9.50. The van der Waals surface area contributed by atoms with Crippen molar-refractivity contribution >= 4 is 25.7 Å². The number of hydrogen-bond donors (Lipinski definition) is 2. The molecule has 0 heterocycles. The molecule has 0 radical (unpaired) electrons. The molecule has 1 unspecified atom stereocenters. The van der Waals surface area contributed by atoms with Crippen LogP contribution in [0.3, 0.4) is 0 Å². The highest BCUT2D eigenvalue weighted by molar-refractivity contribution is 7.94. The van der Waals surface area contributed by atoms with Crippen molar-refractivity contribution in [3.63, 3.8) is 0 Å². The van der Waals surface area contributed by atoms with Gasteiger partial charge in [-0.3, -0.25) is 4.72 Å². The molecule has 0 amide bonds. The normalized spacial score (nSPS) is 18.1. The summed E-state index contributed by atoms with van der Waals surface area (Å²) in [6.07, 6.45) is 5.94. The summed E-state index contributed by atoms with van der Waals surface area (Å²) in [5.41, 5.74) is 2.67. The first-order chi connectivity index (χ1) is 16.7. The molecule has 1 aliphatic rings. The van der Waals surface area contributed by atoms with Crippen molar-refractivity contribution < 1.29 is 16.8 Å². The van der Waals surface area contributed by atoms with Crippen molar-refractivity contribution in [2.24, 2.45) is 0 Å². The molecule has 3 aromatic carbocycles. The zero-order valence-electron chi connectivity index (χ0n) is 19.4. The molecule has 4 rings (SSSR count). The molecular formula is C27H28N2O4S2. The molecule has 6 nitrogen and oxygen atoms in total. The van der Waals surface area contributed by atoms with Gasteiger partial charge >= 0.3 is 0 Å². The maximum absolute atomic E-state index is 13.8. The summed E-state index contributed by atoms with van der Waals surface area (Å²) in [5, 5.41) is 0. The van der Waals surface area contributed by atoms with Gasteiger partial charge in [-0.1, -0.05) is 96.6 Å². The number of allylic oxidation sites excluding steroid dienone is 3. The van der Waals surface area contributed by atoms with Crippen LogP contribution in [-0.2, 0) is 33.0 Å². The second kappa shape index (κ2) is 10.2. The summed E-state index contributed by atoms with van der Waals surface area (Å²) >= 11 is 0. The first-order valence-electron chi connectivity index (χ1n) is 11.3. The van der Waals surface area contributed by atoms with Crippen LogP contribution in [0, 0.1) is 0 Å². The maximum atomic E-state index is 13.8. The molecule has 0 bridgehead atoms. The molecule has 182 valence electrons. The largest absolute Gasteiger partial charge is 0.281 e. The molecule has 0 aromatic heterocycles. The van der Waals surface area contributed by atoms with Crippen LogP contribution < -0.4 is 9.44 Å². The molecule has 8 heteroatoms. The fourth-order valence-corrected chi connectivity index (χ4v) is 6.82. The van der Waals surface area contributed by atoms with Crippen LogP contribution in [0.15, 0.2) is 114 Å². The number of rotatable bonds is 9. The lowest BCUT2D eigenvalue weighted by Crippen LogP contribution is -2.43. The Morgan fingerprint density at radius 3 is 2.03 bits per heavy atom. The lowest BCUT2D eigenvalue weighted by atomic mass is 9.90. The minimum absolute atomic E-state index is 0.0140. The van der Waals surface area contributed by atoms with Crippen LogP contribution in [0.1, 0.15) is 24.5 Å². The number of benzene rings is 3. The van der Waals surface area contributed by atoms with E-state index in [1.165, 1.54) is 12.1 Å². The van der Waals surface area contributed by atoms with Crippen LogP contribution in [-0.4, -0.2) is 21.6 Å². The van der Waals surface area contributed by atoms with E-state index < -0.39 is 24.8 Å². The zero-order valence-corrected chi connectivity index (χ0v) is 21.0. The Hall–Kier alpha value is -3.20. The Morgan fingerprint density at radius 2 is 1.40 bits per heavy atom. The summed E-state index contributed by atoms with van der Waals surface area (Å²) in [4.78, 5) is -0.124. The van der Waals surface area contributed by atoms with Crippen molar-refractivity contribution in [2.75, 3.05) is 4.72 Å². The van der Waals surface area contributed by atoms with E-state index >= 15 is 0 Å². The molecule has 0 aliphatic heterocycles. The van der Waals surface area contributed by atoms with Gasteiger partial charge < -0.3 is 0 Å². The van der Waals surface area contributed by atoms with E-state index in [-0.39, 0.29) is 30.0 Å². The minimum atomic E-state index is -4.04. The van der Waals surface area contributed by atoms with Gasteiger partial charge in [-0.05, 0) is 43.0 Å². The minimum Gasteiger partial charge on any atom is -0.281 e. The quantitative estimate of drug-likeness (QED) is 0.435. The predicted molar refractivity (Wildman–Crippen MR) is 140 cm³/mol. The Balaban J connectivity index is 1.65. The van der Waals surface area contributed by atoms with Crippen molar-refractivity contribution in [3.8, 4) is 0 Å². The van der Waals surface area contributed by atoms with Crippen LogP contribution in [0.5, 0.6) is 0 Å². The monoisotopic (exact) mass is 508 g/mol. The molecule has 0 spiro atoms. The van der Waals surface area contributed by atoms with Crippen LogP contribution >= 0.6 is 0 Å². The van der Waals surface area contributed by atoms with Gasteiger partial charge in [0.05, 0.1) is 5.69 Å². The fourth-order valence-electron chi connectivity index (χ4n) is 4.00. The van der Waals surface area contributed by atoms with Gasteiger partial charge in [-0.15, -0.1) is 0 Å². The first kappa shape index (κ1) is 24.9. The average molecular weight is 509 g/mol. The highest BCUT2D eigenvalue weighted by Gasteiger charge is 2.42. The Bertz CT molecular complexity index is 1450. The molecule has 0 saturated carbocycles. The van der Waals surface area contributed by atoms with Gasteiger partial charge in [0.25, 0.3) is 0 Å². The number of nitrogens with one attached hydrogen (secondary N) is 2. The molecule has 35 heavy (non-hydrogen) atoms. The number of para-hydroxylation sites is 1. The van der Waals surface area contributed by atoms with E-state index in [9.17, 15) is 16.8 Å². The average Bonchev–Trinajstić information content (AvgIpc) is 2.85. The summed E-state index contributed by atoms with van der Waals surface area (Å²) in [6.45, 7) is 2.01. The zero-order chi connectivity index (χ0) is 24.9. The topological polar surface area (TPSA) is 92.3 Å². The highest BCUT2D eigenvalue weighted by Crippen LogP contribution is 2.35. The van der Waals surface area contributed by atoms with Crippen molar-refractivity contribution in [1.29, 1.82) is 0 Å². The van der Waals surface area contributed by atoms with Gasteiger partial charge in [0.15, 0.2) is 0 Å². The SMILES string of the molecule is CC1=CCC(Cc2ccccc2)(S(=O)(=O)Nc2ccccc2S(=O)(=O)NCc2ccccc2)C=C1. The van der Waals surface area contributed by atoms with Crippen LogP contribution in [0.4, 0.5) is 5.69 Å². The van der Waals surface area contributed by atoms with E-state index in [4.69, 9.17) is 0 Å². The highest BCUT2D eigenvalue weighted by atomic mass is 32.2. The first-order valence-corrected chi connectivity index (χ1v) is 14.2. The van der Waals surface area contributed by atoms with E-state index in [0.29, 0.717) is 0 Å². The third-order valence-electron chi connectivity index (χ3n) is 6.03. The lowest BCUT2D eigenvalue weighted by molar-refractivity contribution is 0.552. The Labute approximate surface area is 207 Å². The smallest absolute Gasteiger partial charge is 0.242 e. The van der Waals surface area contributed by atoms with Crippen molar-refractivity contribution in [3.05, 3.63) is 120 Å². The van der Waals surface area contributed by atoms with E-state index in [0.717, 1.165) is 16.7 Å². The molecule has 2 N–H and O–H groups in total. The Morgan fingerprint density at radius 1 is 0.800 bits per heavy atom. The van der Waals surface area contributed by atoms with E-state index in [1.807, 2.05) is 73.7 Å². The van der Waals surface area contributed by atoms with Gasteiger partial charge in [0.1, 0.15) is 9.64 Å². The van der Waals surface area contributed by atoms with E-state index in [2.05, 4.69) is 9.44 Å². The second-order valence-electron chi connectivity index (χ2n) is 8.62. The second-order valence-corrected chi connectivity index (χ2v) is 12.4. The van der Waals surface area contributed by atoms with E-state index in [1.54, 1.807) is 24.3 Å². The van der Waals surface area contributed by atoms with Gasteiger partial charge in [-0.2, -0.15) is 0 Å². The number of anilines is 1. The van der Waals surface area contributed by atoms with Crippen LogP contribution in [0.2, 0.25) is 0 Å². The summed E-state index contributed by atoms with van der Waals surface area (Å²) < 4.78 is 57.9. The molecular weight excluding hydrogens is 480 g/mol. The molecule has 1 aliphatic carbocycles. The summed E-state index contributed by atoms with van der Waals surface area (Å²) in [7, 11) is -8.03. The van der Waals surface area contributed by atoms with Crippen LogP contribution in [0.25, 0.3) is 0 Å². The summed E-state index contributed by atoms with van der Waals surface area (Å²) in [5.74, 6) is 0. The van der Waals surface area contributed by atoms with Gasteiger partial charge in [0, 0.05) is 6.54 Å². The number of hydrogen-bond acceptors (Lipinski definition) is 4. The molecule has 0 fully saturated rings. The lowest BCUT2D eigenvalue weighted by Gasteiger charge is -2.32. The predicted octanol–water partition coefficient (Wildman–Crippen LogP) is 4.79. The molecule has 1 atom stereocenters. The molecule has 3 aromatic rings. The number of sulfonamides is 2.